The lowest BCUT2D eigenvalue weighted by atomic mass is 10.2. The Morgan fingerprint density at radius 2 is 2.20 bits per heavy atom. The second kappa shape index (κ2) is 4.53. The summed E-state index contributed by atoms with van der Waals surface area (Å²) in [5, 5.41) is 4.38. The molecule has 0 aliphatic rings. The summed E-state index contributed by atoms with van der Waals surface area (Å²) in [6, 6.07) is 8.12. The highest BCUT2D eigenvalue weighted by Gasteiger charge is 2.05. The molecule has 0 amide bonds. The predicted octanol–water partition coefficient (Wildman–Crippen LogP) is 3.52. The van der Waals surface area contributed by atoms with Gasteiger partial charge in [-0.3, -0.25) is 0 Å². The van der Waals surface area contributed by atoms with Gasteiger partial charge >= 0.3 is 0 Å². The van der Waals surface area contributed by atoms with Gasteiger partial charge in [-0.1, -0.05) is 6.07 Å². The average molecular weight is 333 g/mol. The molecule has 78 valence electrons. The van der Waals surface area contributed by atoms with Crippen LogP contribution in [0.3, 0.4) is 0 Å². The maximum Gasteiger partial charge on any atom is 0.0776 e. The van der Waals surface area contributed by atoms with E-state index >= 15 is 0 Å². The van der Waals surface area contributed by atoms with E-state index < -0.39 is 0 Å². The van der Waals surface area contributed by atoms with Crippen molar-refractivity contribution in [1.82, 2.24) is 9.78 Å². The summed E-state index contributed by atoms with van der Waals surface area (Å²) >= 11 is 8.05. The first-order chi connectivity index (χ1) is 7.22. The number of nitrogens with zero attached hydrogens (tertiary/aromatic N) is 2. The first kappa shape index (κ1) is 11.0. The molecule has 0 saturated heterocycles. The summed E-state index contributed by atoms with van der Waals surface area (Å²) in [5.41, 5.74) is 3.25. The molecule has 0 N–H and O–H groups in total. The Morgan fingerprint density at radius 3 is 2.87 bits per heavy atom. The SMILES string of the molecule is Cc1c(I)cccc1-n1ccc(CCl)n1. The summed E-state index contributed by atoms with van der Waals surface area (Å²) in [6.45, 7) is 2.10. The maximum atomic E-state index is 5.72. The van der Waals surface area contributed by atoms with Crippen molar-refractivity contribution in [2.24, 2.45) is 0 Å². The third kappa shape index (κ3) is 2.18. The fourth-order valence-corrected chi connectivity index (χ4v) is 2.04. The van der Waals surface area contributed by atoms with Crippen LogP contribution in [0, 0.1) is 10.5 Å². The first-order valence-corrected chi connectivity index (χ1v) is 6.19. The second-order valence-electron chi connectivity index (χ2n) is 3.27. The summed E-state index contributed by atoms with van der Waals surface area (Å²) < 4.78 is 3.11. The molecule has 0 unspecified atom stereocenters. The van der Waals surface area contributed by atoms with E-state index in [-0.39, 0.29) is 0 Å². The van der Waals surface area contributed by atoms with E-state index in [0.29, 0.717) is 5.88 Å². The van der Waals surface area contributed by atoms with Gasteiger partial charge in [-0.25, -0.2) is 4.68 Å². The Balaban J connectivity index is 2.49. The van der Waals surface area contributed by atoms with Gasteiger partial charge in [0.05, 0.1) is 17.3 Å². The fourth-order valence-electron chi connectivity index (χ4n) is 1.41. The van der Waals surface area contributed by atoms with Crippen LogP contribution in [0.15, 0.2) is 30.5 Å². The van der Waals surface area contributed by atoms with Crippen molar-refractivity contribution in [1.29, 1.82) is 0 Å². The largest absolute Gasteiger partial charge is 0.240 e. The molecular formula is C11H10ClIN2. The molecule has 1 aromatic heterocycles. The molecule has 0 spiro atoms. The maximum absolute atomic E-state index is 5.72. The lowest BCUT2D eigenvalue weighted by molar-refractivity contribution is 0.851. The van der Waals surface area contributed by atoms with E-state index in [4.69, 9.17) is 11.6 Å². The minimum Gasteiger partial charge on any atom is -0.240 e. The summed E-state index contributed by atoms with van der Waals surface area (Å²) in [7, 11) is 0. The number of hydrogen-bond donors (Lipinski definition) is 0. The minimum absolute atomic E-state index is 0.454. The third-order valence-corrected chi connectivity index (χ3v) is 3.71. The molecule has 0 fully saturated rings. The monoisotopic (exact) mass is 332 g/mol. The van der Waals surface area contributed by atoms with Crippen molar-refractivity contribution in [3.63, 3.8) is 0 Å². The Hall–Kier alpha value is -0.550. The molecule has 0 aliphatic heterocycles. The Labute approximate surface area is 107 Å². The number of halogens is 2. The Bertz CT molecular complexity index is 479. The zero-order valence-electron chi connectivity index (χ0n) is 8.24. The van der Waals surface area contributed by atoms with Crippen LogP contribution in [0.1, 0.15) is 11.3 Å². The highest BCUT2D eigenvalue weighted by molar-refractivity contribution is 14.1. The lowest BCUT2D eigenvalue weighted by Gasteiger charge is -2.06. The van der Waals surface area contributed by atoms with Crippen LogP contribution < -0.4 is 0 Å². The molecule has 1 heterocycles. The van der Waals surface area contributed by atoms with Crippen molar-refractivity contribution >= 4 is 34.2 Å². The van der Waals surface area contributed by atoms with E-state index in [1.54, 1.807) is 0 Å². The van der Waals surface area contributed by atoms with Gasteiger partial charge in [-0.15, -0.1) is 11.6 Å². The van der Waals surface area contributed by atoms with Crippen LogP contribution in [0.2, 0.25) is 0 Å². The highest BCUT2D eigenvalue weighted by Crippen LogP contribution is 2.19. The van der Waals surface area contributed by atoms with Gasteiger partial charge in [0.25, 0.3) is 0 Å². The molecule has 0 radical (unpaired) electrons. The van der Waals surface area contributed by atoms with Crippen molar-refractivity contribution < 1.29 is 0 Å². The van der Waals surface area contributed by atoms with E-state index in [2.05, 4.69) is 46.7 Å². The van der Waals surface area contributed by atoms with Crippen molar-refractivity contribution in [3.05, 3.63) is 45.3 Å². The molecule has 2 aromatic rings. The van der Waals surface area contributed by atoms with Gasteiger partial charge in [0.1, 0.15) is 0 Å². The predicted molar refractivity (Wildman–Crippen MR) is 70.6 cm³/mol. The summed E-state index contributed by atoms with van der Waals surface area (Å²) in [6.07, 6.45) is 1.94. The number of benzene rings is 1. The van der Waals surface area contributed by atoms with E-state index in [9.17, 15) is 0 Å². The normalized spacial score (nSPS) is 10.6. The van der Waals surface area contributed by atoms with Crippen LogP contribution >= 0.6 is 34.2 Å². The smallest absolute Gasteiger partial charge is 0.0776 e. The van der Waals surface area contributed by atoms with Crippen LogP contribution in [0.25, 0.3) is 5.69 Å². The molecule has 1 aromatic carbocycles. The van der Waals surface area contributed by atoms with E-state index in [1.165, 1.54) is 9.13 Å². The Kier molecular flexibility index (Phi) is 3.31. The minimum atomic E-state index is 0.454. The molecule has 0 atom stereocenters. The Morgan fingerprint density at radius 1 is 1.40 bits per heavy atom. The lowest BCUT2D eigenvalue weighted by Crippen LogP contribution is -1.99. The van der Waals surface area contributed by atoms with Crippen LogP contribution in [0.5, 0.6) is 0 Å². The number of aromatic nitrogens is 2. The first-order valence-electron chi connectivity index (χ1n) is 4.58. The molecule has 2 nitrogen and oxygen atoms in total. The second-order valence-corrected chi connectivity index (χ2v) is 4.70. The zero-order valence-corrected chi connectivity index (χ0v) is 11.2. The van der Waals surface area contributed by atoms with Gasteiger partial charge < -0.3 is 0 Å². The van der Waals surface area contributed by atoms with Crippen LogP contribution in [0.4, 0.5) is 0 Å². The molecule has 0 bridgehead atoms. The summed E-state index contributed by atoms with van der Waals surface area (Å²) in [5.74, 6) is 0.454. The van der Waals surface area contributed by atoms with Crippen LogP contribution in [-0.4, -0.2) is 9.78 Å². The van der Waals surface area contributed by atoms with Gasteiger partial charge in [0, 0.05) is 9.77 Å². The number of hydrogen-bond acceptors (Lipinski definition) is 1. The topological polar surface area (TPSA) is 17.8 Å². The number of rotatable bonds is 2. The summed E-state index contributed by atoms with van der Waals surface area (Å²) in [4.78, 5) is 0. The molecule has 4 heteroatoms. The van der Waals surface area contributed by atoms with Gasteiger partial charge in [-0.2, -0.15) is 5.10 Å². The highest BCUT2D eigenvalue weighted by atomic mass is 127. The van der Waals surface area contributed by atoms with Crippen molar-refractivity contribution in [2.45, 2.75) is 12.8 Å². The molecule has 0 saturated carbocycles. The van der Waals surface area contributed by atoms with Crippen molar-refractivity contribution in [3.8, 4) is 5.69 Å². The quantitative estimate of drug-likeness (QED) is 0.608. The molecule has 15 heavy (non-hydrogen) atoms. The molecular weight excluding hydrogens is 322 g/mol. The van der Waals surface area contributed by atoms with E-state index in [1.807, 2.05) is 23.0 Å². The van der Waals surface area contributed by atoms with E-state index in [0.717, 1.165) is 11.4 Å². The fraction of sp³-hybridized carbons (Fsp3) is 0.182. The average Bonchev–Trinajstić information content (AvgIpc) is 2.70. The van der Waals surface area contributed by atoms with Gasteiger partial charge in [-0.05, 0) is 53.3 Å². The van der Waals surface area contributed by atoms with Crippen molar-refractivity contribution in [2.75, 3.05) is 0 Å². The molecule has 0 aliphatic carbocycles. The van der Waals surface area contributed by atoms with Gasteiger partial charge in [0.15, 0.2) is 0 Å². The standard InChI is InChI=1S/C11H10ClIN2/c1-8-10(13)3-2-4-11(8)15-6-5-9(7-12)14-15/h2-6H,7H2,1H3. The third-order valence-electron chi connectivity index (χ3n) is 2.27. The molecule has 2 rings (SSSR count). The van der Waals surface area contributed by atoms with Crippen LogP contribution in [-0.2, 0) is 5.88 Å². The van der Waals surface area contributed by atoms with Gasteiger partial charge in [0.2, 0.25) is 0 Å². The number of alkyl halides is 1. The zero-order chi connectivity index (χ0) is 10.8.